The Morgan fingerprint density at radius 3 is 2.72 bits per heavy atom. The number of rotatable bonds is 4. The molecule has 0 aliphatic rings. The first-order chi connectivity index (χ1) is 8.56. The summed E-state index contributed by atoms with van der Waals surface area (Å²) >= 11 is 0. The molecular weight excluding hydrogens is 228 g/mol. The van der Waals surface area contributed by atoms with Gasteiger partial charge in [0.2, 0.25) is 5.88 Å². The first kappa shape index (κ1) is 12.6. The van der Waals surface area contributed by atoms with Gasteiger partial charge in [-0.2, -0.15) is 5.10 Å². The fourth-order valence-electron chi connectivity index (χ4n) is 1.54. The molecule has 0 saturated heterocycles. The second kappa shape index (κ2) is 5.18. The van der Waals surface area contributed by atoms with Crippen LogP contribution in [0, 0.1) is 0 Å². The molecule has 2 aromatic rings. The Balaban J connectivity index is 2.15. The van der Waals surface area contributed by atoms with Gasteiger partial charge in [-0.15, -0.1) is 0 Å². The summed E-state index contributed by atoms with van der Waals surface area (Å²) in [5, 5.41) is 4.21. The van der Waals surface area contributed by atoms with Crippen molar-refractivity contribution in [1.29, 1.82) is 0 Å². The molecule has 2 aromatic heterocycles. The summed E-state index contributed by atoms with van der Waals surface area (Å²) in [4.78, 5) is 4.16. The van der Waals surface area contributed by atoms with E-state index >= 15 is 0 Å². The molecule has 2 rings (SSSR count). The third kappa shape index (κ3) is 2.87. The lowest BCUT2D eigenvalue weighted by molar-refractivity contribution is 0.457. The van der Waals surface area contributed by atoms with E-state index < -0.39 is 0 Å². The van der Waals surface area contributed by atoms with Crippen molar-refractivity contribution in [2.75, 3.05) is 0 Å². The highest BCUT2D eigenvalue weighted by Gasteiger charge is 2.06. The molecule has 2 heterocycles. The smallest absolute Gasteiger partial charge is 0.219 e. The van der Waals surface area contributed by atoms with Crippen LogP contribution in [0.1, 0.15) is 38.4 Å². The van der Waals surface area contributed by atoms with E-state index in [-0.39, 0.29) is 6.04 Å². The molecule has 2 N–H and O–H groups in total. The highest BCUT2D eigenvalue weighted by Crippen LogP contribution is 2.22. The van der Waals surface area contributed by atoms with Crippen molar-refractivity contribution < 1.29 is 4.74 Å². The third-order valence-electron chi connectivity index (χ3n) is 2.61. The summed E-state index contributed by atoms with van der Waals surface area (Å²) in [6.45, 7) is 6.05. The predicted octanol–water partition coefficient (Wildman–Crippen LogP) is 2.67. The zero-order valence-corrected chi connectivity index (χ0v) is 10.9. The summed E-state index contributed by atoms with van der Waals surface area (Å²) in [6, 6.07) is 4.01. The average Bonchev–Trinajstić information content (AvgIpc) is 2.78. The van der Waals surface area contributed by atoms with Gasteiger partial charge >= 0.3 is 0 Å². The SMILES string of the molecule is CC(C)n1cc(Oc2cc([C@H](C)N)ccn2)cn1. The van der Waals surface area contributed by atoms with Crippen LogP contribution >= 0.6 is 0 Å². The fraction of sp³-hybridized carbons (Fsp3) is 0.385. The fourth-order valence-corrected chi connectivity index (χ4v) is 1.54. The van der Waals surface area contributed by atoms with Crippen molar-refractivity contribution in [3.63, 3.8) is 0 Å². The molecule has 1 atom stereocenters. The van der Waals surface area contributed by atoms with Crippen LogP contribution < -0.4 is 10.5 Å². The zero-order valence-electron chi connectivity index (χ0n) is 10.9. The van der Waals surface area contributed by atoms with Crippen molar-refractivity contribution in [3.05, 3.63) is 36.3 Å². The van der Waals surface area contributed by atoms with Crippen LogP contribution in [0.15, 0.2) is 30.7 Å². The van der Waals surface area contributed by atoms with E-state index in [0.717, 1.165) is 5.56 Å². The van der Waals surface area contributed by atoms with Gasteiger partial charge < -0.3 is 10.5 Å². The second-order valence-electron chi connectivity index (χ2n) is 4.57. The molecule has 0 saturated carbocycles. The molecule has 0 amide bonds. The molecule has 0 spiro atoms. The van der Waals surface area contributed by atoms with Crippen molar-refractivity contribution in [1.82, 2.24) is 14.8 Å². The van der Waals surface area contributed by atoms with Gasteiger partial charge in [-0.05, 0) is 32.4 Å². The third-order valence-corrected chi connectivity index (χ3v) is 2.61. The van der Waals surface area contributed by atoms with Crippen LogP contribution in [0.3, 0.4) is 0 Å². The molecule has 0 aromatic carbocycles. The number of aromatic nitrogens is 3. The van der Waals surface area contributed by atoms with Gasteiger partial charge in [0, 0.05) is 24.3 Å². The average molecular weight is 246 g/mol. The first-order valence-corrected chi connectivity index (χ1v) is 6.00. The Morgan fingerprint density at radius 2 is 2.11 bits per heavy atom. The predicted molar refractivity (Wildman–Crippen MR) is 69.5 cm³/mol. The summed E-state index contributed by atoms with van der Waals surface area (Å²) in [5.41, 5.74) is 6.82. The molecule has 0 bridgehead atoms. The Kier molecular flexibility index (Phi) is 3.62. The van der Waals surface area contributed by atoms with E-state index in [1.54, 1.807) is 12.4 Å². The number of hydrogen-bond acceptors (Lipinski definition) is 4. The van der Waals surface area contributed by atoms with E-state index in [4.69, 9.17) is 10.5 Å². The van der Waals surface area contributed by atoms with Crippen LogP contribution in [-0.2, 0) is 0 Å². The quantitative estimate of drug-likeness (QED) is 0.900. The Morgan fingerprint density at radius 1 is 1.33 bits per heavy atom. The maximum Gasteiger partial charge on any atom is 0.219 e. The van der Waals surface area contributed by atoms with E-state index in [9.17, 15) is 0 Å². The minimum Gasteiger partial charge on any atom is -0.436 e. The Hall–Kier alpha value is -1.88. The summed E-state index contributed by atoms with van der Waals surface area (Å²) in [7, 11) is 0. The highest BCUT2D eigenvalue weighted by molar-refractivity contribution is 5.27. The minimum absolute atomic E-state index is 0.0336. The normalized spacial score (nSPS) is 12.7. The number of nitrogens with two attached hydrogens (primary N) is 1. The molecule has 18 heavy (non-hydrogen) atoms. The topological polar surface area (TPSA) is 66.0 Å². The standard InChI is InChI=1S/C13H18N4O/c1-9(2)17-8-12(7-16-17)18-13-6-11(10(3)14)4-5-15-13/h4-10H,14H2,1-3H3/t10-/m0/s1. The lowest BCUT2D eigenvalue weighted by Crippen LogP contribution is -2.05. The monoisotopic (exact) mass is 246 g/mol. The highest BCUT2D eigenvalue weighted by atomic mass is 16.5. The summed E-state index contributed by atoms with van der Waals surface area (Å²) in [5.74, 6) is 1.21. The van der Waals surface area contributed by atoms with E-state index in [0.29, 0.717) is 17.7 Å². The maximum atomic E-state index is 5.82. The molecule has 5 nitrogen and oxygen atoms in total. The largest absolute Gasteiger partial charge is 0.436 e. The van der Waals surface area contributed by atoms with Gasteiger partial charge in [0.1, 0.15) is 0 Å². The molecule has 5 heteroatoms. The number of ether oxygens (including phenoxy) is 1. The lowest BCUT2D eigenvalue weighted by Gasteiger charge is -2.07. The number of pyridine rings is 1. The molecule has 0 fully saturated rings. The molecule has 0 aliphatic heterocycles. The second-order valence-corrected chi connectivity index (χ2v) is 4.57. The van der Waals surface area contributed by atoms with Crippen LogP contribution in [0.4, 0.5) is 0 Å². The Bertz CT molecular complexity index is 519. The van der Waals surface area contributed by atoms with Gasteiger partial charge in [0.05, 0.1) is 12.4 Å². The molecule has 0 unspecified atom stereocenters. The zero-order chi connectivity index (χ0) is 13.1. The number of hydrogen-bond donors (Lipinski definition) is 1. The van der Waals surface area contributed by atoms with Crippen LogP contribution in [0.5, 0.6) is 11.6 Å². The van der Waals surface area contributed by atoms with Crippen LogP contribution in [0.25, 0.3) is 0 Å². The van der Waals surface area contributed by atoms with Crippen LogP contribution in [-0.4, -0.2) is 14.8 Å². The van der Waals surface area contributed by atoms with E-state index in [1.165, 1.54) is 0 Å². The molecule has 0 aliphatic carbocycles. The van der Waals surface area contributed by atoms with Crippen molar-refractivity contribution in [2.24, 2.45) is 5.73 Å². The van der Waals surface area contributed by atoms with Gasteiger partial charge in [-0.1, -0.05) is 0 Å². The van der Waals surface area contributed by atoms with Gasteiger partial charge in [0.15, 0.2) is 5.75 Å². The molecule has 0 radical (unpaired) electrons. The first-order valence-electron chi connectivity index (χ1n) is 6.00. The van der Waals surface area contributed by atoms with Crippen molar-refractivity contribution >= 4 is 0 Å². The maximum absolute atomic E-state index is 5.82. The van der Waals surface area contributed by atoms with Gasteiger partial charge in [-0.25, -0.2) is 4.98 Å². The van der Waals surface area contributed by atoms with Gasteiger partial charge in [-0.3, -0.25) is 4.68 Å². The molecule has 96 valence electrons. The van der Waals surface area contributed by atoms with E-state index in [2.05, 4.69) is 23.9 Å². The Labute approximate surface area is 107 Å². The van der Waals surface area contributed by atoms with Crippen LogP contribution in [0.2, 0.25) is 0 Å². The van der Waals surface area contributed by atoms with E-state index in [1.807, 2.05) is 29.9 Å². The molecular formula is C13H18N4O. The van der Waals surface area contributed by atoms with Gasteiger partial charge in [0.25, 0.3) is 0 Å². The summed E-state index contributed by atoms with van der Waals surface area (Å²) < 4.78 is 7.49. The minimum atomic E-state index is -0.0336. The number of nitrogens with zero attached hydrogens (tertiary/aromatic N) is 3. The van der Waals surface area contributed by atoms with Crippen molar-refractivity contribution in [2.45, 2.75) is 32.9 Å². The van der Waals surface area contributed by atoms with Crippen molar-refractivity contribution in [3.8, 4) is 11.6 Å². The summed E-state index contributed by atoms with van der Waals surface area (Å²) in [6.07, 6.45) is 5.23. The lowest BCUT2D eigenvalue weighted by atomic mass is 10.1.